The van der Waals surface area contributed by atoms with Crippen molar-refractivity contribution in [1.29, 1.82) is 0 Å². The van der Waals surface area contributed by atoms with Crippen molar-refractivity contribution in [3.05, 3.63) is 113 Å². The van der Waals surface area contributed by atoms with Crippen molar-refractivity contribution in [2.75, 3.05) is 6.61 Å². The van der Waals surface area contributed by atoms with E-state index in [0.29, 0.717) is 36.8 Å². The van der Waals surface area contributed by atoms with Crippen LogP contribution in [-0.2, 0) is 16.1 Å². The van der Waals surface area contributed by atoms with E-state index in [1.165, 1.54) is 6.07 Å². The summed E-state index contributed by atoms with van der Waals surface area (Å²) in [5.74, 6) is -1.18. The van der Waals surface area contributed by atoms with Gasteiger partial charge in [0.15, 0.2) is 0 Å². The second-order valence-electron chi connectivity index (χ2n) is 7.99. The van der Waals surface area contributed by atoms with E-state index in [1.807, 2.05) is 12.1 Å². The number of nitrogens with zero attached hydrogens (tertiary/aromatic N) is 1. The van der Waals surface area contributed by atoms with Gasteiger partial charge in [0.2, 0.25) is 0 Å². The average Bonchev–Trinajstić information content (AvgIpc) is 3.19. The number of ether oxygens (including phenoxy) is 2. The number of thioether (sulfide) groups is 1. The molecule has 1 aliphatic rings. The number of hydrogen-bond acceptors (Lipinski definition) is 6. The van der Waals surface area contributed by atoms with E-state index in [0.717, 1.165) is 17.3 Å². The maximum absolute atomic E-state index is 12.8. The molecule has 4 rings (SSSR count). The zero-order valence-corrected chi connectivity index (χ0v) is 25.7. The van der Waals surface area contributed by atoms with Gasteiger partial charge in [0.05, 0.1) is 31.0 Å². The number of amides is 1. The highest BCUT2D eigenvalue weighted by atomic mass is 79.9. The summed E-state index contributed by atoms with van der Waals surface area (Å²) in [6.07, 6.45) is 1.67. The first-order valence-corrected chi connectivity index (χ1v) is 14.6. The number of carbonyl (C=O) groups excluding carboxylic acids is 2. The fraction of sp³-hybridized carbons (Fsp3) is 0.107. The van der Waals surface area contributed by atoms with Crippen LogP contribution in [0.4, 0.5) is 0 Å². The second-order valence-corrected chi connectivity index (χ2v) is 11.6. The lowest BCUT2D eigenvalue weighted by atomic mass is 10.1. The minimum absolute atomic E-state index is 0.0168. The molecule has 11 heteroatoms. The van der Waals surface area contributed by atoms with Crippen molar-refractivity contribution in [3.8, 4) is 5.75 Å². The Labute approximate surface area is 256 Å². The molecular formula is C28H19Br2Cl2NO5S. The van der Waals surface area contributed by atoms with Crippen LogP contribution in [0.5, 0.6) is 5.75 Å². The van der Waals surface area contributed by atoms with Crippen LogP contribution < -0.4 is 4.74 Å². The molecule has 3 aromatic rings. The van der Waals surface area contributed by atoms with Gasteiger partial charge < -0.3 is 14.6 Å². The zero-order chi connectivity index (χ0) is 28.1. The Kier molecular flexibility index (Phi) is 9.96. The van der Waals surface area contributed by atoms with Gasteiger partial charge in [0.1, 0.15) is 28.7 Å². The molecular weight excluding hydrogens is 693 g/mol. The van der Waals surface area contributed by atoms with Crippen molar-refractivity contribution >= 4 is 89.8 Å². The molecule has 1 heterocycles. The number of halogens is 4. The van der Waals surface area contributed by atoms with Crippen LogP contribution in [0.15, 0.2) is 90.8 Å². The SMILES string of the molecule is CCOC(=O)C1=C(O)/C(=C/c2cc(Br)c(OCc3ccc(Cl)cc3)c(Br)c2)SC1=NC(=O)c1ccccc1Cl. The van der Waals surface area contributed by atoms with Crippen LogP contribution in [0.2, 0.25) is 10.0 Å². The highest BCUT2D eigenvalue weighted by molar-refractivity contribution is 9.11. The zero-order valence-electron chi connectivity index (χ0n) is 20.2. The number of aliphatic hydroxyl groups is 1. The summed E-state index contributed by atoms with van der Waals surface area (Å²) in [6, 6.07) is 17.4. The molecule has 0 radical (unpaired) electrons. The molecule has 0 saturated carbocycles. The summed E-state index contributed by atoms with van der Waals surface area (Å²) >= 11 is 20.1. The lowest BCUT2D eigenvalue weighted by Gasteiger charge is -2.12. The molecule has 0 bridgehead atoms. The third kappa shape index (κ3) is 7.15. The van der Waals surface area contributed by atoms with Crippen molar-refractivity contribution < 1.29 is 24.2 Å². The Balaban J connectivity index is 1.63. The summed E-state index contributed by atoms with van der Waals surface area (Å²) in [5, 5.41) is 11.8. The fourth-order valence-corrected chi connectivity index (χ4v) is 6.27. The number of carbonyl (C=O) groups is 2. The molecule has 0 saturated heterocycles. The Morgan fingerprint density at radius 1 is 1.05 bits per heavy atom. The van der Waals surface area contributed by atoms with E-state index in [1.54, 1.807) is 55.5 Å². The summed E-state index contributed by atoms with van der Waals surface area (Å²) in [7, 11) is 0. The van der Waals surface area contributed by atoms with Gasteiger partial charge in [-0.05, 0) is 92.4 Å². The third-order valence-corrected chi connectivity index (χ3v) is 8.07. The van der Waals surface area contributed by atoms with E-state index in [9.17, 15) is 14.7 Å². The first-order valence-electron chi connectivity index (χ1n) is 11.4. The Hall–Kier alpha value is -2.56. The predicted octanol–water partition coefficient (Wildman–Crippen LogP) is 8.80. The molecule has 0 aliphatic carbocycles. The number of aliphatic imine (C=N–C) groups is 1. The van der Waals surface area contributed by atoms with Gasteiger partial charge in [-0.15, -0.1) is 0 Å². The molecule has 6 nitrogen and oxygen atoms in total. The molecule has 0 fully saturated rings. The van der Waals surface area contributed by atoms with Gasteiger partial charge >= 0.3 is 5.97 Å². The van der Waals surface area contributed by atoms with Crippen LogP contribution in [0.3, 0.4) is 0 Å². The standard InChI is InChI=1S/C28H19Br2Cl2NO5S/c1-2-37-28(36)23-24(34)22(39-27(23)33-26(35)18-5-3-4-6-21(18)32)13-16-11-19(29)25(20(30)12-16)38-14-15-7-9-17(31)10-8-15/h3-13,34H,2,14H2,1H3/b22-13-,33-27?. The van der Waals surface area contributed by atoms with Crippen LogP contribution in [-0.4, -0.2) is 28.6 Å². The predicted molar refractivity (Wildman–Crippen MR) is 163 cm³/mol. The van der Waals surface area contributed by atoms with Gasteiger partial charge in [-0.1, -0.05) is 59.2 Å². The summed E-state index contributed by atoms with van der Waals surface area (Å²) in [4.78, 5) is 29.9. The Bertz CT molecular complexity index is 1510. The molecule has 0 unspecified atom stereocenters. The average molecular weight is 712 g/mol. The summed E-state index contributed by atoms with van der Waals surface area (Å²) in [5.41, 5.74) is 1.62. The summed E-state index contributed by atoms with van der Waals surface area (Å²) < 4.78 is 12.4. The smallest absolute Gasteiger partial charge is 0.344 e. The first-order chi connectivity index (χ1) is 18.7. The largest absolute Gasteiger partial charge is 0.506 e. The number of esters is 1. The van der Waals surface area contributed by atoms with Gasteiger partial charge in [-0.25, -0.2) is 9.79 Å². The molecule has 0 atom stereocenters. The number of hydrogen-bond donors (Lipinski definition) is 1. The van der Waals surface area contributed by atoms with Crippen molar-refractivity contribution in [2.45, 2.75) is 13.5 Å². The van der Waals surface area contributed by atoms with E-state index in [2.05, 4.69) is 36.9 Å². The molecule has 39 heavy (non-hydrogen) atoms. The molecule has 1 aliphatic heterocycles. The van der Waals surface area contributed by atoms with Gasteiger partial charge in [0.25, 0.3) is 5.91 Å². The maximum atomic E-state index is 12.8. The number of aliphatic hydroxyl groups excluding tert-OH is 1. The van der Waals surface area contributed by atoms with Crippen molar-refractivity contribution in [1.82, 2.24) is 0 Å². The highest BCUT2D eigenvalue weighted by Gasteiger charge is 2.34. The van der Waals surface area contributed by atoms with Crippen molar-refractivity contribution in [3.63, 3.8) is 0 Å². The Morgan fingerprint density at radius 3 is 2.36 bits per heavy atom. The fourth-order valence-electron chi connectivity index (χ4n) is 3.47. The molecule has 200 valence electrons. The number of benzene rings is 3. The van der Waals surface area contributed by atoms with Crippen LogP contribution in [0.1, 0.15) is 28.4 Å². The lowest BCUT2D eigenvalue weighted by Crippen LogP contribution is -2.14. The molecule has 1 amide bonds. The minimum atomic E-state index is -0.787. The third-order valence-electron chi connectivity index (χ3n) is 5.29. The van der Waals surface area contributed by atoms with Gasteiger partial charge in [-0.2, -0.15) is 0 Å². The molecule has 0 spiro atoms. The van der Waals surface area contributed by atoms with Gasteiger partial charge in [0, 0.05) is 5.02 Å². The minimum Gasteiger partial charge on any atom is -0.506 e. The van der Waals surface area contributed by atoms with Crippen LogP contribution in [0, 0.1) is 0 Å². The van der Waals surface area contributed by atoms with Crippen LogP contribution >= 0.6 is 66.8 Å². The second kappa shape index (κ2) is 13.2. The van der Waals surface area contributed by atoms with E-state index >= 15 is 0 Å². The van der Waals surface area contributed by atoms with Gasteiger partial charge in [-0.3, -0.25) is 4.79 Å². The monoisotopic (exact) mass is 709 g/mol. The van der Waals surface area contributed by atoms with E-state index < -0.39 is 11.9 Å². The Morgan fingerprint density at radius 2 is 1.72 bits per heavy atom. The van der Waals surface area contributed by atoms with E-state index in [4.69, 9.17) is 32.7 Å². The van der Waals surface area contributed by atoms with Crippen LogP contribution in [0.25, 0.3) is 6.08 Å². The quantitative estimate of drug-likeness (QED) is 0.247. The number of rotatable bonds is 7. The lowest BCUT2D eigenvalue weighted by molar-refractivity contribution is -0.138. The molecule has 0 aromatic heterocycles. The molecule has 3 aromatic carbocycles. The normalized spacial score (nSPS) is 15.2. The maximum Gasteiger partial charge on any atom is 0.344 e. The first kappa shape index (κ1) is 29.4. The highest BCUT2D eigenvalue weighted by Crippen LogP contribution is 2.41. The topological polar surface area (TPSA) is 85.2 Å². The van der Waals surface area contributed by atoms with E-state index in [-0.39, 0.29) is 33.6 Å². The molecule has 1 N–H and O–H groups in total. The summed E-state index contributed by atoms with van der Waals surface area (Å²) in [6.45, 7) is 2.06. The van der Waals surface area contributed by atoms with Crippen molar-refractivity contribution in [2.24, 2.45) is 4.99 Å².